The van der Waals surface area contributed by atoms with Gasteiger partial charge in [-0.25, -0.2) is 4.79 Å². The summed E-state index contributed by atoms with van der Waals surface area (Å²) in [6.45, 7) is 10.1. The van der Waals surface area contributed by atoms with Gasteiger partial charge in [0.25, 0.3) is 0 Å². The predicted octanol–water partition coefficient (Wildman–Crippen LogP) is 2.69. The van der Waals surface area contributed by atoms with E-state index in [0.717, 1.165) is 30.4 Å². The first kappa shape index (κ1) is 23.1. The SMILES string of the molecule is C=C1CCC2C(=C)[C@H](OS(=O)OC)CCC2=C1C/C=C1/C(=O)OCC1NCCOC. The lowest BCUT2D eigenvalue weighted by Gasteiger charge is -2.38. The van der Waals surface area contributed by atoms with Crippen molar-refractivity contribution in [1.29, 1.82) is 0 Å². The molecule has 3 rings (SSSR count). The first-order chi connectivity index (χ1) is 14.5. The van der Waals surface area contributed by atoms with Gasteiger partial charge >= 0.3 is 17.3 Å². The number of methoxy groups -OCH3 is 1. The number of esters is 1. The Morgan fingerprint density at radius 1 is 1.27 bits per heavy atom. The molecule has 2 aliphatic carbocycles. The highest BCUT2D eigenvalue weighted by Gasteiger charge is 2.36. The van der Waals surface area contributed by atoms with Gasteiger partial charge in [0.05, 0.1) is 31.4 Å². The van der Waals surface area contributed by atoms with Gasteiger partial charge in [0.15, 0.2) is 0 Å². The third-order valence-electron chi connectivity index (χ3n) is 6.05. The van der Waals surface area contributed by atoms with Crippen LogP contribution in [-0.4, -0.2) is 56.3 Å². The van der Waals surface area contributed by atoms with E-state index < -0.39 is 11.4 Å². The van der Waals surface area contributed by atoms with Gasteiger partial charge in [0.2, 0.25) is 0 Å². The van der Waals surface area contributed by atoms with Gasteiger partial charge in [0, 0.05) is 19.6 Å². The normalized spacial score (nSPS) is 29.3. The number of nitrogens with one attached hydrogen (secondary N) is 1. The van der Waals surface area contributed by atoms with E-state index in [4.69, 9.17) is 17.8 Å². The van der Waals surface area contributed by atoms with Crippen molar-refractivity contribution in [3.05, 3.63) is 47.1 Å². The van der Waals surface area contributed by atoms with Gasteiger partial charge in [-0.15, -0.1) is 0 Å². The fraction of sp³-hybridized carbons (Fsp3) is 0.591. The van der Waals surface area contributed by atoms with Crippen molar-refractivity contribution in [3.8, 4) is 0 Å². The van der Waals surface area contributed by atoms with E-state index in [2.05, 4.69) is 18.5 Å². The molecule has 0 radical (unpaired) electrons. The number of cyclic esters (lactones) is 1. The van der Waals surface area contributed by atoms with Gasteiger partial charge in [-0.1, -0.05) is 30.4 Å². The second-order valence-corrected chi connectivity index (χ2v) is 8.66. The number of allylic oxidation sites excluding steroid dienone is 4. The quantitative estimate of drug-likeness (QED) is 0.257. The molecule has 1 heterocycles. The van der Waals surface area contributed by atoms with Crippen molar-refractivity contribution in [3.63, 3.8) is 0 Å². The predicted molar refractivity (Wildman–Crippen MR) is 115 cm³/mol. The zero-order chi connectivity index (χ0) is 21.7. The molecule has 1 aliphatic heterocycles. The molecule has 8 heteroatoms. The Morgan fingerprint density at radius 3 is 2.80 bits per heavy atom. The van der Waals surface area contributed by atoms with Gasteiger partial charge in [-0.2, -0.15) is 4.21 Å². The Bertz CT molecular complexity index is 786. The summed E-state index contributed by atoms with van der Waals surface area (Å²) >= 11 is -1.76. The average molecular weight is 438 g/mol. The number of hydrogen-bond acceptors (Lipinski definition) is 7. The molecule has 3 aliphatic rings. The molecule has 4 atom stereocenters. The van der Waals surface area contributed by atoms with Crippen molar-refractivity contribution in [2.45, 2.75) is 44.2 Å². The van der Waals surface area contributed by atoms with Crippen LogP contribution in [0.2, 0.25) is 0 Å². The Morgan fingerprint density at radius 2 is 2.07 bits per heavy atom. The Labute approximate surface area is 181 Å². The van der Waals surface area contributed by atoms with Gasteiger partial charge in [0.1, 0.15) is 6.61 Å². The smallest absolute Gasteiger partial charge is 0.335 e. The van der Waals surface area contributed by atoms with Crippen LogP contribution in [0, 0.1) is 5.92 Å². The first-order valence-corrected chi connectivity index (χ1v) is 11.3. The molecule has 166 valence electrons. The number of ether oxygens (including phenoxy) is 2. The molecular weight excluding hydrogens is 406 g/mol. The lowest BCUT2D eigenvalue weighted by Crippen LogP contribution is -2.33. The maximum Gasteiger partial charge on any atom is 0.335 e. The lowest BCUT2D eigenvalue weighted by molar-refractivity contribution is -0.135. The molecule has 30 heavy (non-hydrogen) atoms. The van der Waals surface area contributed by atoms with Crippen molar-refractivity contribution in [2.24, 2.45) is 5.92 Å². The number of carbonyl (C=O) groups excluding carboxylic acids is 1. The summed E-state index contributed by atoms with van der Waals surface area (Å²) in [5, 5.41) is 3.31. The van der Waals surface area contributed by atoms with Crippen molar-refractivity contribution < 1.29 is 26.8 Å². The summed E-state index contributed by atoms with van der Waals surface area (Å²) < 4.78 is 32.2. The van der Waals surface area contributed by atoms with Crippen LogP contribution in [0.3, 0.4) is 0 Å². The summed E-state index contributed by atoms with van der Waals surface area (Å²) in [4.78, 5) is 12.2. The van der Waals surface area contributed by atoms with E-state index in [1.54, 1.807) is 7.11 Å². The second kappa shape index (κ2) is 10.6. The number of fused-ring (bicyclic) bond motifs is 1. The third-order valence-corrected chi connectivity index (χ3v) is 6.71. The number of rotatable bonds is 9. The largest absolute Gasteiger partial charge is 0.460 e. The third kappa shape index (κ3) is 5.18. The van der Waals surface area contributed by atoms with Gasteiger partial charge in [-0.3, -0.25) is 8.37 Å². The second-order valence-electron chi connectivity index (χ2n) is 7.73. The summed E-state index contributed by atoms with van der Waals surface area (Å²) in [5.41, 5.74) is 5.23. The fourth-order valence-electron chi connectivity index (χ4n) is 4.45. The molecule has 0 aromatic heterocycles. The van der Waals surface area contributed by atoms with E-state index in [-0.39, 0.29) is 24.0 Å². The summed E-state index contributed by atoms with van der Waals surface area (Å²) in [6.07, 6.45) is 5.66. The molecule has 1 N–H and O–H groups in total. The molecule has 2 fully saturated rings. The highest BCUT2D eigenvalue weighted by molar-refractivity contribution is 7.75. The summed E-state index contributed by atoms with van der Waals surface area (Å²) in [6, 6.07) is -0.117. The molecule has 0 aromatic rings. The monoisotopic (exact) mass is 437 g/mol. The van der Waals surface area contributed by atoms with Gasteiger partial charge < -0.3 is 14.8 Å². The van der Waals surface area contributed by atoms with E-state index in [0.29, 0.717) is 38.2 Å². The highest BCUT2D eigenvalue weighted by atomic mass is 32.2. The lowest BCUT2D eigenvalue weighted by atomic mass is 9.69. The van der Waals surface area contributed by atoms with Gasteiger partial charge in [-0.05, 0) is 43.3 Å². The zero-order valence-corrected chi connectivity index (χ0v) is 18.6. The highest BCUT2D eigenvalue weighted by Crippen LogP contribution is 2.46. The average Bonchev–Trinajstić information content (AvgIpc) is 3.09. The molecular formula is C22H31NO6S. The van der Waals surface area contributed by atoms with Crippen molar-refractivity contribution in [1.82, 2.24) is 5.32 Å². The zero-order valence-electron chi connectivity index (χ0n) is 17.7. The number of carbonyl (C=O) groups is 1. The summed E-state index contributed by atoms with van der Waals surface area (Å²) in [7, 11) is 3.00. The van der Waals surface area contributed by atoms with Crippen LogP contribution in [0.1, 0.15) is 32.1 Å². The minimum absolute atomic E-state index is 0.117. The molecule has 3 unspecified atom stereocenters. The molecule has 0 amide bonds. The maximum atomic E-state index is 12.2. The van der Waals surface area contributed by atoms with Crippen LogP contribution in [0.4, 0.5) is 0 Å². The molecule has 7 nitrogen and oxygen atoms in total. The maximum absolute atomic E-state index is 12.2. The first-order valence-electron chi connectivity index (χ1n) is 10.3. The number of hydrogen-bond donors (Lipinski definition) is 1. The molecule has 1 saturated heterocycles. The van der Waals surface area contributed by atoms with Crippen LogP contribution >= 0.6 is 0 Å². The Balaban J connectivity index is 1.76. The molecule has 0 bridgehead atoms. The standard InChI is InChI=1S/C22H31NO6S/c1-14-5-6-17-15(2)21(29-30(25)27-4)10-9-18(17)16(14)7-8-19-20(13-28-22(19)24)23-11-12-26-3/h8,17,20-21,23H,1-2,5-7,9-13H2,3-4H3/b19-8+/t17?,20?,21-,30?/m1/s1. The van der Waals surface area contributed by atoms with Crippen LogP contribution < -0.4 is 5.32 Å². The van der Waals surface area contributed by atoms with E-state index >= 15 is 0 Å². The fourth-order valence-corrected chi connectivity index (χ4v) is 4.94. The van der Waals surface area contributed by atoms with Crippen molar-refractivity contribution >= 4 is 17.3 Å². The topological polar surface area (TPSA) is 83.1 Å². The minimum atomic E-state index is -1.76. The van der Waals surface area contributed by atoms with Crippen LogP contribution in [0.25, 0.3) is 0 Å². The van der Waals surface area contributed by atoms with E-state index in [1.165, 1.54) is 18.3 Å². The van der Waals surface area contributed by atoms with E-state index in [9.17, 15) is 9.00 Å². The molecule has 1 saturated carbocycles. The minimum Gasteiger partial charge on any atom is -0.460 e. The molecule has 0 aromatic carbocycles. The van der Waals surface area contributed by atoms with Crippen LogP contribution in [0.5, 0.6) is 0 Å². The van der Waals surface area contributed by atoms with E-state index in [1.807, 2.05) is 6.08 Å². The summed E-state index contributed by atoms with van der Waals surface area (Å²) in [5.74, 6) is -0.0836. The van der Waals surface area contributed by atoms with Crippen LogP contribution in [-0.2, 0) is 34.0 Å². The van der Waals surface area contributed by atoms with Crippen LogP contribution in [0.15, 0.2) is 47.1 Å². The van der Waals surface area contributed by atoms with Crippen molar-refractivity contribution in [2.75, 3.05) is 34.0 Å². The Hall–Kier alpha value is -1.58. The Kier molecular flexibility index (Phi) is 8.19. The molecule has 0 spiro atoms.